The number of amides is 1. The largest absolute Gasteiger partial charge is 0.383 e. The molecule has 2 heterocycles. The maximum Gasteiger partial charge on any atom is 0.231 e. The lowest BCUT2D eigenvalue weighted by atomic mass is 10.0. The Kier molecular flexibility index (Phi) is 2.65. The number of carbonyl (C=O) groups excluding carboxylic acids is 1. The molecule has 98 valence electrons. The molecule has 2 N–H and O–H groups in total. The van der Waals surface area contributed by atoms with Gasteiger partial charge in [-0.15, -0.1) is 0 Å². The standard InChI is InChI=1S/C15H12N4O/c1-19-13-5-3-9(6-11(13)7-14(19)20)12-4-2-10(8-16)15(17)18-12/h2-6H,7H2,1H3,(H2,17,18). The molecule has 2 aromatic rings. The Labute approximate surface area is 116 Å². The molecule has 5 nitrogen and oxygen atoms in total. The molecule has 0 aliphatic carbocycles. The third-order valence-electron chi connectivity index (χ3n) is 3.50. The molecule has 0 bridgehead atoms. The predicted octanol–water partition coefficient (Wildman–Crippen LogP) is 1.72. The van der Waals surface area contributed by atoms with Crippen LogP contribution in [-0.2, 0) is 11.2 Å². The molecule has 0 spiro atoms. The van der Waals surface area contributed by atoms with Crippen LogP contribution in [0.15, 0.2) is 30.3 Å². The Hall–Kier alpha value is -2.87. The highest BCUT2D eigenvalue weighted by Gasteiger charge is 2.24. The van der Waals surface area contributed by atoms with Crippen molar-refractivity contribution in [2.45, 2.75) is 6.42 Å². The van der Waals surface area contributed by atoms with Gasteiger partial charge in [0.2, 0.25) is 5.91 Å². The highest BCUT2D eigenvalue weighted by Crippen LogP contribution is 2.31. The van der Waals surface area contributed by atoms with Crippen molar-refractivity contribution in [3.8, 4) is 17.3 Å². The summed E-state index contributed by atoms with van der Waals surface area (Å²) in [6, 6.07) is 11.2. The number of nitriles is 1. The number of aromatic nitrogens is 1. The molecule has 0 radical (unpaired) electrons. The molecule has 0 saturated carbocycles. The monoisotopic (exact) mass is 264 g/mol. The molecule has 1 amide bonds. The van der Waals surface area contributed by atoms with Crippen molar-refractivity contribution < 1.29 is 4.79 Å². The summed E-state index contributed by atoms with van der Waals surface area (Å²) >= 11 is 0. The van der Waals surface area contributed by atoms with Crippen molar-refractivity contribution in [1.29, 1.82) is 5.26 Å². The van der Waals surface area contributed by atoms with E-state index >= 15 is 0 Å². The third kappa shape index (κ3) is 1.79. The highest BCUT2D eigenvalue weighted by atomic mass is 16.2. The summed E-state index contributed by atoms with van der Waals surface area (Å²) in [5.41, 5.74) is 9.60. The Morgan fingerprint density at radius 1 is 1.35 bits per heavy atom. The van der Waals surface area contributed by atoms with Crippen LogP contribution in [0.5, 0.6) is 0 Å². The zero-order valence-corrected chi connectivity index (χ0v) is 10.9. The smallest absolute Gasteiger partial charge is 0.231 e. The minimum Gasteiger partial charge on any atom is -0.383 e. The van der Waals surface area contributed by atoms with Crippen molar-refractivity contribution in [3.63, 3.8) is 0 Å². The molecule has 0 atom stereocenters. The first-order valence-electron chi connectivity index (χ1n) is 6.16. The van der Waals surface area contributed by atoms with E-state index in [0.717, 1.165) is 16.8 Å². The number of rotatable bonds is 1. The third-order valence-corrected chi connectivity index (χ3v) is 3.50. The lowest BCUT2D eigenvalue weighted by molar-refractivity contribution is -0.117. The van der Waals surface area contributed by atoms with Crippen molar-refractivity contribution in [1.82, 2.24) is 4.98 Å². The van der Waals surface area contributed by atoms with Crippen molar-refractivity contribution in [2.75, 3.05) is 17.7 Å². The first kappa shape index (κ1) is 12.2. The minimum absolute atomic E-state index is 0.0875. The van der Waals surface area contributed by atoms with Gasteiger partial charge in [0.15, 0.2) is 0 Å². The van der Waals surface area contributed by atoms with Crippen molar-refractivity contribution >= 4 is 17.4 Å². The number of hydrogen-bond donors (Lipinski definition) is 1. The molecule has 20 heavy (non-hydrogen) atoms. The first-order valence-corrected chi connectivity index (χ1v) is 6.16. The van der Waals surface area contributed by atoms with Gasteiger partial charge in [0.05, 0.1) is 17.7 Å². The lowest BCUT2D eigenvalue weighted by Gasteiger charge is -2.10. The summed E-state index contributed by atoms with van der Waals surface area (Å²) in [7, 11) is 1.77. The second-order valence-corrected chi connectivity index (χ2v) is 4.71. The Morgan fingerprint density at radius 2 is 2.15 bits per heavy atom. The van der Waals surface area contributed by atoms with E-state index in [1.165, 1.54) is 0 Å². The number of carbonyl (C=O) groups is 1. The van der Waals surface area contributed by atoms with Crippen LogP contribution in [-0.4, -0.2) is 17.9 Å². The summed E-state index contributed by atoms with van der Waals surface area (Å²) in [5, 5.41) is 8.85. The van der Waals surface area contributed by atoms with Crippen LogP contribution in [0.4, 0.5) is 11.5 Å². The molecule has 1 aromatic carbocycles. The van der Waals surface area contributed by atoms with Crippen LogP contribution in [0.2, 0.25) is 0 Å². The summed E-state index contributed by atoms with van der Waals surface area (Å²) in [4.78, 5) is 17.6. The van der Waals surface area contributed by atoms with Crippen LogP contribution >= 0.6 is 0 Å². The molecule has 5 heteroatoms. The number of hydrogen-bond acceptors (Lipinski definition) is 4. The topological polar surface area (TPSA) is 83.0 Å². The Balaban J connectivity index is 2.05. The van der Waals surface area contributed by atoms with Crippen molar-refractivity contribution in [2.24, 2.45) is 0 Å². The van der Waals surface area contributed by atoms with Gasteiger partial charge < -0.3 is 10.6 Å². The van der Waals surface area contributed by atoms with Crippen LogP contribution in [0, 0.1) is 11.3 Å². The quantitative estimate of drug-likeness (QED) is 0.850. The van der Waals surface area contributed by atoms with Gasteiger partial charge in [0, 0.05) is 18.3 Å². The van der Waals surface area contributed by atoms with Gasteiger partial charge in [-0.05, 0) is 29.8 Å². The van der Waals surface area contributed by atoms with E-state index in [-0.39, 0.29) is 11.7 Å². The fourth-order valence-electron chi connectivity index (χ4n) is 2.36. The van der Waals surface area contributed by atoms with E-state index < -0.39 is 0 Å². The summed E-state index contributed by atoms with van der Waals surface area (Å²) in [5.74, 6) is 0.308. The molecule has 0 unspecified atom stereocenters. The number of benzene rings is 1. The Bertz CT molecular complexity index is 761. The van der Waals surface area contributed by atoms with Crippen molar-refractivity contribution in [3.05, 3.63) is 41.5 Å². The molecular formula is C15H12N4O. The van der Waals surface area contributed by atoms with Gasteiger partial charge in [-0.3, -0.25) is 4.79 Å². The van der Waals surface area contributed by atoms with Gasteiger partial charge in [-0.2, -0.15) is 5.26 Å². The van der Waals surface area contributed by atoms with Gasteiger partial charge in [0.1, 0.15) is 11.9 Å². The normalized spacial score (nSPS) is 13.2. The number of nitrogens with two attached hydrogens (primary N) is 1. The molecule has 0 saturated heterocycles. The zero-order valence-electron chi connectivity index (χ0n) is 10.9. The number of anilines is 2. The second-order valence-electron chi connectivity index (χ2n) is 4.71. The van der Waals surface area contributed by atoms with E-state index in [9.17, 15) is 4.79 Å². The average Bonchev–Trinajstić information content (AvgIpc) is 2.73. The number of likely N-dealkylation sites (N-methyl/N-ethyl adjacent to an activating group) is 1. The molecule has 3 rings (SSSR count). The van der Waals surface area contributed by atoms with E-state index in [1.54, 1.807) is 24.1 Å². The van der Waals surface area contributed by atoms with Gasteiger partial charge in [-0.1, -0.05) is 6.07 Å². The maximum absolute atomic E-state index is 11.7. The highest BCUT2D eigenvalue weighted by molar-refractivity contribution is 6.01. The van der Waals surface area contributed by atoms with E-state index in [4.69, 9.17) is 11.0 Å². The SMILES string of the molecule is CN1C(=O)Cc2cc(-c3ccc(C#N)c(N)n3)ccc21. The second kappa shape index (κ2) is 4.35. The fourth-order valence-corrected chi connectivity index (χ4v) is 2.36. The molecule has 1 aliphatic rings. The Morgan fingerprint density at radius 3 is 2.85 bits per heavy atom. The first-order chi connectivity index (χ1) is 9.60. The number of pyridine rings is 1. The summed E-state index contributed by atoms with van der Waals surface area (Å²) < 4.78 is 0. The molecule has 0 fully saturated rings. The molecule has 1 aliphatic heterocycles. The van der Waals surface area contributed by atoms with Gasteiger partial charge >= 0.3 is 0 Å². The van der Waals surface area contributed by atoms with Crippen LogP contribution in [0.3, 0.4) is 0 Å². The fraction of sp³-hybridized carbons (Fsp3) is 0.133. The maximum atomic E-state index is 11.7. The molecular weight excluding hydrogens is 252 g/mol. The zero-order chi connectivity index (χ0) is 14.3. The van der Waals surface area contributed by atoms with Crippen LogP contribution in [0.1, 0.15) is 11.1 Å². The van der Waals surface area contributed by atoms with E-state index in [0.29, 0.717) is 17.7 Å². The number of nitrogens with zero attached hydrogens (tertiary/aromatic N) is 3. The number of fused-ring (bicyclic) bond motifs is 1. The molecule has 1 aromatic heterocycles. The van der Waals surface area contributed by atoms with E-state index in [1.807, 2.05) is 24.3 Å². The summed E-state index contributed by atoms with van der Waals surface area (Å²) in [6.07, 6.45) is 0.408. The number of nitrogen functional groups attached to an aromatic ring is 1. The lowest BCUT2D eigenvalue weighted by Crippen LogP contribution is -2.20. The van der Waals surface area contributed by atoms with Gasteiger partial charge in [0.25, 0.3) is 0 Å². The van der Waals surface area contributed by atoms with E-state index in [2.05, 4.69) is 4.98 Å². The van der Waals surface area contributed by atoms with Crippen LogP contribution in [0.25, 0.3) is 11.3 Å². The van der Waals surface area contributed by atoms with Crippen LogP contribution < -0.4 is 10.6 Å². The van der Waals surface area contributed by atoms with Gasteiger partial charge in [-0.25, -0.2) is 4.98 Å². The average molecular weight is 264 g/mol. The predicted molar refractivity (Wildman–Crippen MR) is 75.9 cm³/mol. The minimum atomic E-state index is 0.0875. The summed E-state index contributed by atoms with van der Waals surface area (Å²) in [6.45, 7) is 0.